The van der Waals surface area contributed by atoms with Gasteiger partial charge in [-0.25, -0.2) is 0 Å². The van der Waals surface area contributed by atoms with Crippen LogP contribution in [0.1, 0.15) is 53.9 Å². The van der Waals surface area contributed by atoms with Gasteiger partial charge in [0.2, 0.25) is 5.91 Å². The van der Waals surface area contributed by atoms with E-state index in [1.807, 2.05) is 23.1 Å². The van der Waals surface area contributed by atoms with Crippen LogP contribution in [0.5, 0.6) is 0 Å². The van der Waals surface area contributed by atoms with Crippen LogP contribution in [-0.4, -0.2) is 28.5 Å². The molecule has 0 N–H and O–H groups in total. The first-order valence-electron chi connectivity index (χ1n) is 12.2. The summed E-state index contributed by atoms with van der Waals surface area (Å²) in [5.74, 6) is 0.192. The van der Waals surface area contributed by atoms with Crippen molar-refractivity contribution in [3.63, 3.8) is 0 Å². The van der Waals surface area contributed by atoms with Gasteiger partial charge in [0.15, 0.2) is 0 Å². The summed E-state index contributed by atoms with van der Waals surface area (Å²) >= 11 is 6.40. The average molecular weight is 471 g/mol. The molecule has 1 saturated heterocycles. The molecule has 4 aromatic rings. The summed E-state index contributed by atoms with van der Waals surface area (Å²) in [6.07, 6.45) is 6.12. The van der Waals surface area contributed by atoms with Crippen LogP contribution in [-0.2, 0) is 11.3 Å². The van der Waals surface area contributed by atoms with Crippen molar-refractivity contribution in [2.24, 2.45) is 0 Å². The molecule has 0 spiro atoms. The highest BCUT2D eigenvalue weighted by molar-refractivity contribution is 6.30. The molecule has 3 aromatic carbocycles. The van der Waals surface area contributed by atoms with E-state index in [1.54, 1.807) is 0 Å². The van der Waals surface area contributed by atoms with Crippen molar-refractivity contribution in [2.75, 3.05) is 13.1 Å². The van der Waals surface area contributed by atoms with Crippen molar-refractivity contribution in [3.05, 3.63) is 106 Å². The fraction of sp³-hybridized carbons (Fsp3) is 0.300. The van der Waals surface area contributed by atoms with E-state index in [9.17, 15) is 4.79 Å². The number of fused-ring (bicyclic) bond motifs is 1. The fourth-order valence-electron chi connectivity index (χ4n) is 5.15. The number of benzene rings is 3. The van der Waals surface area contributed by atoms with Gasteiger partial charge in [-0.1, -0.05) is 71.8 Å². The quantitative estimate of drug-likeness (QED) is 0.293. The zero-order valence-electron chi connectivity index (χ0n) is 19.7. The standard InChI is InChI=1S/C30H31ClN2O/c1-22-12-14-23(15-13-22)20-33-21-28(26-10-3-4-11-29(26)33)27(24-8-7-9-25(31)18-24)19-30(34)32-16-5-2-6-17-32/h3-4,7-15,18,21,27H,2,5-6,16-17,19-20H2,1H3. The Balaban J connectivity index is 1.56. The molecule has 1 aromatic heterocycles. The third kappa shape index (κ3) is 4.90. The minimum absolute atomic E-state index is 0.0442. The number of rotatable bonds is 6. The van der Waals surface area contributed by atoms with E-state index in [1.165, 1.54) is 34.0 Å². The topological polar surface area (TPSA) is 25.2 Å². The van der Waals surface area contributed by atoms with Gasteiger partial charge in [-0.05, 0) is 61.1 Å². The Morgan fingerprint density at radius 2 is 1.71 bits per heavy atom. The maximum absolute atomic E-state index is 13.4. The number of aromatic nitrogens is 1. The molecule has 3 nitrogen and oxygen atoms in total. The highest BCUT2D eigenvalue weighted by atomic mass is 35.5. The Labute approximate surface area is 207 Å². The highest BCUT2D eigenvalue weighted by Crippen LogP contribution is 2.36. The van der Waals surface area contributed by atoms with Gasteiger partial charge in [0.05, 0.1) is 0 Å². The molecule has 1 aliphatic heterocycles. The summed E-state index contributed by atoms with van der Waals surface area (Å²) in [5, 5.41) is 1.90. The molecule has 1 aliphatic rings. The molecular weight excluding hydrogens is 440 g/mol. The predicted molar refractivity (Wildman–Crippen MR) is 141 cm³/mol. The SMILES string of the molecule is Cc1ccc(Cn2cc(C(CC(=O)N3CCCCC3)c3cccc(Cl)c3)c3ccccc32)cc1. The lowest BCUT2D eigenvalue weighted by Crippen LogP contribution is -2.36. The maximum atomic E-state index is 13.4. The van der Waals surface area contributed by atoms with Gasteiger partial charge in [-0.3, -0.25) is 4.79 Å². The van der Waals surface area contributed by atoms with E-state index in [0.29, 0.717) is 11.4 Å². The lowest BCUT2D eigenvalue weighted by atomic mass is 9.87. The van der Waals surface area contributed by atoms with Gasteiger partial charge in [-0.2, -0.15) is 0 Å². The molecule has 1 atom stereocenters. The molecule has 1 fully saturated rings. The second kappa shape index (κ2) is 10.1. The number of aryl methyl sites for hydroxylation is 1. The van der Waals surface area contributed by atoms with Crippen molar-refractivity contribution >= 4 is 28.4 Å². The molecule has 5 rings (SSSR count). The number of likely N-dealkylation sites (tertiary alicyclic amines) is 1. The van der Waals surface area contributed by atoms with Gasteiger partial charge in [0.25, 0.3) is 0 Å². The largest absolute Gasteiger partial charge is 0.343 e. The molecular formula is C30H31ClN2O. The third-order valence-electron chi connectivity index (χ3n) is 7.01. The second-order valence-electron chi connectivity index (χ2n) is 9.47. The highest BCUT2D eigenvalue weighted by Gasteiger charge is 2.26. The van der Waals surface area contributed by atoms with Crippen LogP contribution < -0.4 is 0 Å². The molecule has 4 heteroatoms. The summed E-state index contributed by atoms with van der Waals surface area (Å²) < 4.78 is 2.32. The zero-order chi connectivity index (χ0) is 23.5. The lowest BCUT2D eigenvalue weighted by molar-refractivity contribution is -0.132. The monoisotopic (exact) mass is 470 g/mol. The summed E-state index contributed by atoms with van der Waals surface area (Å²) in [7, 11) is 0. The van der Waals surface area contributed by atoms with Gasteiger partial charge >= 0.3 is 0 Å². The Morgan fingerprint density at radius 1 is 0.941 bits per heavy atom. The number of para-hydroxylation sites is 1. The molecule has 0 radical (unpaired) electrons. The van der Waals surface area contributed by atoms with E-state index in [-0.39, 0.29) is 11.8 Å². The first-order chi connectivity index (χ1) is 16.6. The van der Waals surface area contributed by atoms with Crippen LogP contribution in [0.25, 0.3) is 10.9 Å². The molecule has 34 heavy (non-hydrogen) atoms. The summed E-state index contributed by atoms with van der Waals surface area (Å²) in [4.78, 5) is 15.4. The molecule has 2 heterocycles. The molecule has 1 amide bonds. The van der Waals surface area contributed by atoms with Crippen molar-refractivity contribution in [2.45, 2.75) is 45.1 Å². The predicted octanol–water partition coefficient (Wildman–Crippen LogP) is 7.19. The van der Waals surface area contributed by atoms with Crippen LogP contribution in [0.4, 0.5) is 0 Å². The zero-order valence-corrected chi connectivity index (χ0v) is 20.5. The summed E-state index contributed by atoms with van der Waals surface area (Å²) in [6, 6.07) is 25.2. The molecule has 0 saturated carbocycles. The lowest BCUT2D eigenvalue weighted by Gasteiger charge is -2.28. The third-order valence-corrected chi connectivity index (χ3v) is 7.24. The number of hydrogen-bond donors (Lipinski definition) is 0. The van der Waals surface area contributed by atoms with E-state index in [4.69, 9.17) is 11.6 Å². The Bertz CT molecular complexity index is 1280. The number of halogens is 1. The molecule has 0 aliphatic carbocycles. The molecule has 0 bridgehead atoms. The Hall–Kier alpha value is -3.04. The van der Waals surface area contributed by atoms with Crippen LogP contribution >= 0.6 is 11.6 Å². The Kier molecular flexibility index (Phi) is 6.73. The number of hydrogen-bond acceptors (Lipinski definition) is 1. The van der Waals surface area contributed by atoms with Gasteiger partial charge < -0.3 is 9.47 Å². The molecule has 174 valence electrons. The van der Waals surface area contributed by atoms with E-state index >= 15 is 0 Å². The van der Waals surface area contributed by atoms with Crippen LogP contribution in [0, 0.1) is 6.92 Å². The van der Waals surface area contributed by atoms with Crippen molar-refractivity contribution in [3.8, 4) is 0 Å². The van der Waals surface area contributed by atoms with Gasteiger partial charge in [0, 0.05) is 54.1 Å². The minimum atomic E-state index is -0.0442. The number of carbonyl (C=O) groups excluding carboxylic acids is 1. The normalized spacial score (nSPS) is 14.9. The summed E-state index contributed by atoms with van der Waals surface area (Å²) in [5.41, 5.74) is 6.00. The number of carbonyl (C=O) groups is 1. The smallest absolute Gasteiger partial charge is 0.223 e. The van der Waals surface area contributed by atoms with Gasteiger partial charge in [0.1, 0.15) is 0 Å². The van der Waals surface area contributed by atoms with E-state index in [2.05, 4.69) is 72.3 Å². The number of piperidine rings is 1. The number of nitrogens with zero attached hydrogens (tertiary/aromatic N) is 2. The fourth-order valence-corrected chi connectivity index (χ4v) is 5.35. The Morgan fingerprint density at radius 3 is 2.47 bits per heavy atom. The van der Waals surface area contributed by atoms with Gasteiger partial charge in [-0.15, -0.1) is 0 Å². The van der Waals surface area contributed by atoms with E-state index in [0.717, 1.165) is 38.0 Å². The summed E-state index contributed by atoms with van der Waals surface area (Å²) in [6.45, 7) is 4.65. The minimum Gasteiger partial charge on any atom is -0.343 e. The number of amides is 1. The average Bonchev–Trinajstić information content (AvgIpc) is 3.22. The van der Waals surface area contributed by atoms with Crippen molar-refractivity contribution < 1.29 is 4.79 Å². The maximum Gasteiger partial charge on any atom is 0.223 e. The first-order valence-corrected chi connectivity index (χ1v) is 12.6. The van der Waals surface area contributed by atoms with Crippen molar-refractivity contribution in [1.82, 2.24) is 9.47 Å². The van der Waals surface area contributed by atoms with E-state index < -0.39 is 0 Å². The second-order valence-corrected chi connectivity index (χ2v) is 9.90. The van der Waals surface area contributed by atoms with Crippen LogP contribution in [0.3, 0.4) is 0 Å². The first kappa shape index (κ1) is 22.7. The van der Waals surface area contributed by atoms with Crippen LogP contribution in [0.2, 0.25) is 5.02 Å². The molecule has 1 unspecified atom stereocenters. The van der Waals surface area contributed by atoms with Crippen LogP contribution in [0.15, 0.2) is 79.0 Å². The van der Waals surface area contributed by atoms with Crippen molar-refractivity contribution in [1.29, 1.82) is 0 Å².